The van der Waals surface area contributed by atoms with Gasteiger partial charge in [-0.1, -0.05) is 0 Å². The molecule has 13 heavy (non-hydrogen) atoms. The molecule has 0 rings (SSSR count). The maximum Gasteiger partial charge on any atom is 0.429 e. The van der Waals surface area contributed by atoms with Crippen LogP contribution in [0.3, 0.4) is 0 Å². The summed E-state index contributed by atoms with van der Waals surface area (Å²) in [5.74, 6) is 3.87. The molecule has 1 atom stereocenters. The van der Waals surface area contributed by atoms with Gasteiger partial charge in [0, 0.05) is 0 Å². The van der Waals surface area contributed by atoms with E-state index in [-0.39, 0.29) is 0 Å². The predicted molar refractivity (Wildman–Crippen MR) is 45.1 cm³/mol. The number of nitrogens with one attached hydrogen (secondary N) is 1. The summed E-state index contributed by atoms with van der Waals surface area (Å²) >= 11 is 0. The Morgan fingerprint density at radius 2 is 2.08 bits per heavy atom. The summed E-state index contributed by atoms with van der Waals surface area (Å²) in [5.41, 5.74) is 12.2. The van der Waals surface area contributed by atoms with Gasteiger partial charge in [0.05, 0.1) is 0 Å². The molecule has 0 saturated heterocycles. The van der Waals surface area contributed by atoms with E-state index in [2.05, 4.69) is 10.6 Å². The van der Waals surface area contributed by atoms with Crippen LogP contribution in [0.4, 0.5) is 4.79 Å². The van der Waals surface area contributed by atoms with Gasteiger partial charge in [-0.2, -0.15) is 0 Å². The lowest BCUT2D eigenvalue weighted by Crippen LogP contribution is -2.39. The Morgan fingerprint density at radius 3 is 2.54 bits per heavy atom. The zero-order chi connectivity index (χ0) is 10.3. The third kappa shape index (κ3) is 5.12. The fourth-order valence-electron chi connectivity index (χ4n) is 0.652. The summed E-state index contributed by atoms with van der Waals surface area (Å²) in [6.45, 7) is 0.435. The van der Waals surface area contributed by atoms with Crippen LogP contribution in [0.2, 0.25) is 0 Å². The zero-order valence-electron chi connectivity index (χ0n) is 7.16. The van der Waals surface area contributed by atoms with Crippen LogP contribution in [0.5, 0.6) is 0 Å². The highest BCUT2D eigenvalue weighted by atomic mass is 16.6. The van der Waals surface area contributed by atoms with E-state index in [1.165, 1.54) is 0 Å². The molecule has 0 spiro atoms. The summed E-state index contributed by atoms with van der Waals surface area (Å²) in [6.07, 6.45) is -0.0403. The fraction of sp³-hybridized carbons (Fsp3) is 0.667. The Kier molecular flexibility index (Phi) is 5.77. The Hall–Kier alpha value is -1.18. The molecule has 0 aliphatic heterocycles. The number of nitrogens with two attached hydrogens (primary N) is 3. The van der Waals surface area contributed by atoms with Crippen molar-refractivity contribution in [2.24, 2.45) is 17.3 Å². The highest BCUT2D eigenvalue weighted by Crippen LogP contribution is 1.95. The second kappa shape index (κ2) is 6.35. The van der Waals surface area contributed by atoms with Gasteiger partial charge in [0.2, 0.25) is 0 Å². The van der Waals surface area contributed by atoms with Crippen LogP contribution < -0.4 is 22.7 Å². The average molecular weight is 190 g/mol. The smallest absolute Gasteiger partial charge is 0.374 e. The molecule has 0 unspecified atom stereocenters. The van der Waals surface area contributed by atoms with Crippen LogP contribution in [0.25, 0.3) is 0 Å². The van der Waals surface area contributed by atoms with Gasteiger partial charge in [-0.05, 0) is 19.4 Å². The molecule has 1 amide bonds. The predicted octanol–water partition coefficient (Wildman–Crippen LogP) is -1.82. The first kappa shape index (κ1) is 11.8. The third-order valence-corrected chi connectivity index (χ3v) is 1.33. The molecule has 0 bridgehead atoms. The largest absolute Gasteiger partial charge is 0.429 e. The monoisotopic (exact) mass is 190 g/mol. The number of carbonyl (C=O) groups excluding carboxylic acids is 2. The van der Waals surface area contributed by atoms with Gasteiger partial charge in [-0.3, -0.25) is 5.43 Å². The lowest BCUT2D eigenvalue weighted by Gasteiger charge is -2.08. The molecule has 0 aliphatic carbocycles. The normalized spacial score (nSPS) is 11.9. The third-order valence-electron chi connectivity index (χ3n) is 1.33. The van der Waals surface area contributed by atoms with Crippen molar-refractivity contribution in [3.63, 3.8) is 0 Å². The number of rotatable bonds is 4. The van der Waals surface area contributed by atoms with Crippen LogP contribution in [0, 0.1) is 0 Å². The van der Waals surface area contributed by atoms with Crippen LogP contribution in [0.1, 0.15) is 12.8 Å². The van der Waals surface area contributed by atoms with E-state index in [1.807, 2.05) is 0 Å². The van der Waals surface area contributed by atoms with Crippen molar-refractivity contribution < 1.29 is 14.3 Å². The fourth-order valence-corrected chi connectivity index (χ4v) is 0.652. The van der Waals surface area contributed by atoms with E-state index in [9.17, 15) is 9.59 Å². The van der Waals surface area contributed by atoms with Gasteiger partial charge < -0.3 is 16.2 Å². The molecule has 0 heterocycles. The molecule has 7 heteroatoms. The quantitative estimate of drug-likeness (QED) is 0.135. The zero-order valence-corrected chi connectivity index (χ0v) is 7.16. The van der Waals surface area contributed by atoms with Crippen LogP contribution in [0.15, 0.2) is 0 Å². The van der Waals surface area contributed by atoms with Crippen molar-refractivity contribution in [2.75, 3.05) is 6.54 Å². The van der Waals surface area contributed by atoms with Crippen LogP contribution in [-0.4, -0.2) is 24.6 Å². The van der Waals surface area contributed by atoms with Crippen molar-refractivity contribution in [3.05, 3.63) is 0 Å². The number of amides is 1. The minimum Gasteiger partial charge on any atom is -0.374 e. The first-order valence-corrected chi connectivity index (χ1v) is 3.79. The molecule has 7 N–H and O–H groups in total. The maximum absolute atomic E-state index is 10.9. The number of hydrogen-bond donors (Lipinski definition) is 4. The Bertz CT molecular complexity index is 185. The van der Waals surface area contributed by atoms with Crippen LogP contribution in [-0.2, 0) is 9.53 Å². The van der Waals surface area contributed by atoms with Crippen molar-refractivity contribution in [2.45, 2.75) is 18.9 Å². The van der Waals surface area contributed by atoms with Gasteiger partial charge >= 0.3 is 12.1 Å². The van der Waals surface area contributed by atoms with Gasteiger partial charge in [-0.15, -0.1) is 0 Å². The topological polar surface area (TPSA) is 133 Å². The molecule has 76 valence electrons. The Balaban J connectivity index is 3.75. The molecule has 7 nitrogen and oxygen atoms in total. The number of ether oxygens (including phenoxy) is 1. The Morgan fingerprint density at radius 1 is 1.46 bits per heavy atom. The summed E-state index contributed by atoms with van der Waals surface area (Å²) in [6, 6.07) is -0.833. The van der Waals surface area contributed by atoms with Crippen molar-refractivity contribution in [1.29, 1.82) is 0 Å². The van der Waals surface area contributed by atoms with E-state index < -0.39 is 18.1 Å². The molecule has 0 aromatic rings. The lowest BCUT2D eigenvalue weighted by molar-refractivity contribution is -0.139. The van der Waals surface area contributed by atoms with E-state index in [0.717, 1.165) is 0 Å². The number of esters is 1. The van der Waals surface area contributed by atoms with Crippen molar-refractivity contribution >= 4 is 12.1 Å². The van der Waals surface area contributed by atoms with Gasteiger partial charge in [0.25, 0.3) is 0 Å². The lowest BCUT2D eigenvalue weighted by atomic mass is 10.2. The van der Waals surface area contributed by atoms with E-state index in [4.69, 9.17) is 11.5 Å². The van der Waals surface area contributed by atoms with Gasteiger partial charge in [0.1, 0.15) is 6.04 Å². The van der Waals surface area contributed by atoms with E-state index in [1.54, 1.807) is 5.43 Å². The molecule has 0 aromatic carbocycles. The summed E-state index contributed by atoms with van der Waals surface area (Å²) in [4.78, 5) is 21.4. The highest BCUT2D eigenvalue weighted by Gasteiger charge is 2.17. The first-order chi connectivity index (χ1) is 6.11. The number of hydrazine groups is 1. The number of hydrogen-bond acceptors (Lipinski definition) is 6. The van der Waals surface area contributed by atoms with E-state index in [0.29, 0.717) is 19.4 Å². The SMILES string of the molecule is NCCC[C@@H](N)C(=O)OC(=O)NN. The molecular weight excluding hydrogens is 176 g/mol. The maximum atomic E-state index is 10.9. The number of carbonyl (C=O) groups is 2. The van der Waals surface area contributed by atoms with Crippen molar-refractivity contribution in [1.82, 2.24) is 5.43 Å². The molecule has 0 aliphatic rings. The molecule has 0 radical (unpaired) electrons. The second-order valence-electron chi connectivity index (χ2n) is 2.39. The van der Waals surface area contributed by atoms with Gasteiger partial charge in [0.15, 0.2) is 0 Å². The van der Waals surface area contributed by atoms with E-state index >= 15 is 0 Å². The minimum absolute atomic E-state index is 0.382. The molecule has 0 fully saturated rings. The first-order valence-electron chi connectivity index (χ1n) is 3.79. The Labute approximate surface area is 75.5 Å². The van der Waals surface area contributed by atoms with Crippen LogP contribution >= 0.6 is 0 Å². The standard InChI is InChI=1S/C6H14N4O3/c7-3-1-2-4(8)5(11)13-6(12)10-9/h4H,1-3,7-9H2,(H,10,12)/t4-/m1/s1. The summed E-state index contributed by atoms with van der Waals surface area (Å²) in [5, 5.41) is 0. The van der Waals surface area contributed by atoms with Gasteiger partial charge in [-0.25, -0.2) is 15.4 Å². The molecule has 0 aromatic heterocycles. The summed E-state index contributed by atoms with van der Waals surface area (Å²) in [7, 11) is 0. The highest BCUT2D eigenvalue weighted by molar-refractivity contribution is 5.87. The average Bonchev–Trinajstić information content (AvgIpc) is 2.13. The summed E-state index contributed by atoms with van der Waals surface area (Å²) < 4.78 is 4.18. The second-order valence-corrected chi connectivity index (χ2v) is 2.39. The van der Waals surface area contributed by atoms with Crippen molar-refractivity contribution in [3.8, 4) is 0 Å². The molecular formula is C6H14N4O3. The minimum atomic E-state index is -1.02. The molecule has 0 saturated carbocycles.